The van der Waals surface area contributed by atoms with Gasteiger partial charge in [0.15, 0.2) is 0 Å². The van der Waals surface area contributed by atoms with Crippen LogP contribution in [0.4, 0.5) is 0 Å². The first-order valence-electron chi connectivity index (χ1n) is 9.50. The third kappa shape index (κ3) is 5.52. The predicted molar refractivity (Wildman–Crippen MR) is 98.8 cm³/mol. The van der Waals surface area contributed by atoms with E-state index in [2.05, 4.69) is 34.6 Å². The second-order valence-electron chi connectivity index (χ2n) is 6.91. The molecule has 0 fully saturated rings. The maximum Gasteiger partial charge on any atom is 2.00 e. The van der Waals surface area contributed by atoms with E-state index in [1.165, 1.54) is 23.7 Å². The largest absolute Gasteiger partial charge is 2.00 e. The molecule has 0 aliphatic carbocycles. The predicted octanol–water partition coefficient (Wildman–Crippen LogP) is 4.72. The quantitative estimate of drug-likeness (QED) is 0.540. The molecule has 0 saturated carbocycles. The van der Waals surface area contributed by atoms with Crippen molar-refractivity contribution in [2.45, 2.75) is 90.9 Å². The van der Waals surface area contributed by atoms with Crippen molar-refractivity contribution in [3.63, 3.8) is 0 Å². The minimum atomic E-state index is -1.47. The summed E-state index contributed by atoms with van der Waals surface area (Å²) >= 11 is 0. The van der Waals surface area contributed by atoms with Gasteiger partial charge in [-0.15, -0.1) is 11.5 Å². The second kappa shape index (κ2) is 11.2. The van der Waals surface area contributed by atoms with Crippen LogP contribution < -0.4 is 10.2 Å². The van der Waals surface area contributed by atoms with E-state index in [1.54, 1.807) is 6.07 Å². The van der Waals surface area contributed by atoms with Gasteiger partial charge in [-0.2, -0.15) is 0 Å². The van der Waals surface area contributed by atoms with Gasteiger partial charge in [0.05, 0.1) is 8.07 Å². The zero-order valence-electron chi connectivity index (χ0n) is 16.1. The Kier molecular flexibility index (Phi) is 11.0. The molecule has 0 heterocycles. The van der Waals surface area contributed by atoms with Crippen LogP contribution in [0, 0.1) is 0 Å². The van der Waals surface area contributed by atoms with E-state index in [0.29, 0.717) is 0 Å². The summed E-state index contributed by atoms with van der Waals surface area (Å²) in [6.45, 7) is 11.1. The van der Waals surface area contributed by atoms with Crippen molar-refractivity contribution >= 4 is 8.07 Å². The van der Waals surface area contributed by atoms with Gasteiger partial charge in [0.25, 0.3) is 0 Å². The van der Waals surface area contributed by atoms with Crippen LogP contribution in [0.1, 0.15) is 70.6 Å². The number of aryl methyl sites for hydroxylation is 1. The van der Waals surface area contributed by atoms with Gasteiger partial charge in [-0.3, -0.25) is 0 Å². The van der Waals surface area contributed by atoms with Gasteiger partial charge < -0.3 is 10.2 Å². The molecule has 24 heavy (non-hydrogen) atoms. The van der Waals surface area contributed by atoms with E-state index in [4.69, 9.17) is 0 Å². The first-order chi connectivity index (χ1) is 11.0. The molecular formula is C20H34NiO2Si. The molecule has 0 saturated heterocycles. The Morgan fingerprint density at radius 3 is 1.88 bits per heavy atom. The standard InChI is InChI=1S/C20H36O2Si.Ni/c1-6-11-13-17-16(12-7-2)14-19(21)20(22)18(17)15-23(8-3,9-4)10-5;/h14,21-22H,6-13,15H2,1-5H3;/q;+2/p-2. The summed E-state index contributed by atoms with van der Waals surface area (Å²) in [5.41, 5.74) is 3.27. The van der Waals surface area contributed by atoms with Crippen LogP contribution in [0.5, 0.6) is 11.5 Å². The maximum atomic E-state index is 12.6. The Hall–Kier alpha value is -0.470. The molecule has 140 valence electrons. The van der Waals surface area contributed by atoms with Gasteiger partial charge in [0, 0.05) is 0 Å². The maximum absolute atomic E-state index is 12.6. The molecule has 0 bridgehead atoms. The van der Waals surface area contributed by atoms with E-state index in [-0.39, 0.29) is 28.0 Å². The van der Waals surface area contributed by atoms with Gasteiger partial charge in [-0.1, -0.05) is 77.2 Å². The van der Waals surface area contributed by atoms with Crippen LogP contribution in [0.2, 0.25) is 18.1 Å². The minimum absolute atomic E-state index is 0. The van der Waals surface area contributed by atoms with Crippen molar-refractivity contribution in [2.75, 3.05) is 0 Å². The summed E-state index contributed by atoms with van der Waals surface area (Å²) in [6.07, 6.45) is 5.11. The van der Waals surface area contributed by atoms with Crippen LogP contribution in [-0.2, 0) is 35.4 Å². The fourth-order valence-electron chi connectivity index (χ4n) is 3.63. The average Bonchev–Trinajstić information content (AvgIpc) is 2.56. The van der Waals surface area contributed by atoms with Crippen molar-refractivity contribution in [1.82, 2.24) is 0 Å². The molecule has 0 spiro atoms. The number of hydrogen-bond acceptors (Lipinski definition) is 2. The summed E-state index contributed by atoms with van der Waals surface area (Å²) in [6, 6.07) is 6.12. The molecule has 1 rings (SSSR count). The van der Waals surface area contributed by atoms with E-state index < -0.39 is 8.07 Å². The molecule has 0 aliphatic rings. The Labute approximate surface area is 160 Å². The first kappa shape index (κ1) is 23.5. The van der Waals surface area contributed by atoms with Crippen LogP contribution in [0.15, 0.2) is 6.07 Å². The molecule has 0 amide bonds. The zero-order valence-corrected chi connectivity index (χ0v) is 18.1. The van der Waals surface area contributed by atoms with Crippen molar-refractivity contribution in [2.24, 2.45) is 0 Å². The molecule has 0 N–H and O–H groups in total. The molecule has 2 nitrogen and oxygen atoms in total. The molecule has 0 aliphatic heterocycles. The normalized spacial score (nSPS) is 11.4. The fraction of sp³-hybridized carbons (Fsp3) is 0.700. The van der Waals surface area contributed by atoms with Crippen molar-refractivity contribution in [3.05, 3.63) is 22.8 Å². The molecule has 1 aromatic carbocycles. The SMILES string of the molecule is CCCCc1c(CCC)cc([O-])c([O-])c1C[Si](CC)(CC)CC.[Ni+2]. The summed E-state index contributed by atoms with van der Waals surface area (Å²) < 4.78 is 0. The first-order valence-corrected chi connectivity index (χ1v) is 12.3. The Bertz CT molecular complexity index is 491. The minimum Gasteiger partial charge on any atom is -0.873 e. The van der Waals surface area contributed by atoms with E-state index >= 15 is 0 Å². The van der Waals surface area contributed by atoms with Crippen molar-refractivity contribution in [3.8, 4) is 11.5 Å². The Balaban J connectivity index is 0.00000529. The molecule has 0 atom stereocenters. The van der Waals surface area contributed by atoms with E-state index in [9.17, 15) is 10.2 Å². The van der Waals surface area contributed by atoms with Crippen LogP contribution in [-0.4, -0.2) is 8.07 Å². The average molecular weight is 393 g/mol. The van der Waals surface area contributed by atoms with Gasteiger partial charge in [-0.05, 0) is 36.4 Å². The number of benzene rings is 1. The monoisotopic (exact) mass is 392 g/mol. The van der Waals surface area contributed by atoms with Crippen LogP contribution in [0.3, 0.4) is 0 Å². The van der Waals surface area contributed by atoms with Gasteiger partial charge >= 0.3 is 16.5 Å². The zero-order chi connectivity index (χ0) is 17.5. The summed E-state index contributed by atoms with van der Waals surface area (Å²) in [7, 11) is -1.47. The fourth-order valence-corrected chi connectivity index (χ4v) is 7.01. The van der Waals surface area contributed by atoms with E-state index in [1.807, 2.05) is 0 Å². The molecule has 0 radical (unpaired) electrons. The second-order valence-corrected chi connectivity index (χ2v) is 12.4. The van der Waals surface area contributed by atoms with Crippen LogP contribution in [0.25, 0.3) is 0 Å². The van der Waals surface area contributed by atoms with E-state index in [0.717, 1.165) is 49.3 Å². The molecule has 4 heteroatoms. The molecule has 0 unspecified atom stereocenters. The summed E-state index contributed by atoms with van der Waals surface area (Å²) in [5.74, 6) is -0.488. The Morgan fingerprint density at radius 1 is 0.833 bits per heavy atom. The third-order valence-corrected chi connectivity index (χ3v) is 11.3. The van der Waals surface area contributed by atoms with Gasteiger partial charge in [0.2, 0.25) is 0 Å². The smallest absolute Gasteiger partial charge is 0.873 e. The van der Waals surface area contributed by atoms with Crippen molar-refractivity contribution < 1.29 is 26.7 Å². The number of rotatable bonds is 10. The molecule has 0 aromatic heterocycles. The topological polar surface area (TPSA) is 46.1 Å². The number of unbranched alkanes of at least 4 members (excludes halogenated alkanes) is 1. The van der Waals surface area contributed by atoms with Gasteiger partial charge in [0.1, 0.15) is 0 Å². The molecule has 1 aromatic rings. The molecular weight excluding hydrogens is 359 g/mol. The summed E-state index contributed by atoms with van der Waals surface area (Å²) in [4.78, 5) is 0. The van der Waals surface area contributed by atoms with Crippen LogP contribution >= 0.6 is 0 Å². The Morgan fingerprint density at radius 2 is 1.42 bits per heavy atom. The summed E-state index contributed by atoms with van der Waals surface area (Å²) in [5, 5.41) is 24.9. The third-order valence-electron chi connectivity index (χ3n) is 5.66. The van der Waals surface area contributed by atoms with Crippen molar-refractivity contribution in [1.29, 1.82) is 0 Å². The number of hydrogen-bond donors (Lipinski definition) is 0. The van der Waals surface area contributed by atoms with Gasteiger partial charge in [-0.25, -0.2) is 0 Å².